The summed E-state index contributed by atoms with van der Waals surface area (Å²) < 4.78 is 0. The molecule has 1 atom stereocenters. The Morgan fingerprint density at radius 2 is 2.19 bits per heavy atom. The number of amides is 1. The van der Waals surface area contributed by atoms with E-state index in [0.29, 0.717) is 6.54 Å². The molecular weight excluding hydrogens is 204 g/mol. The number of hydrogen-bond donors (Lipinski definition) is 2. The Balaban J connectivity index is 2.35. The minimum Gasteiger partial charge on any atom is -0.353 e. The normalized spacial score (nSPS) is 12.5. The van der Waals surface area contributed by atoms with Crippen molar-refractivity contribution in [1.82, 2.24) is 20.8 Å². The van der Waals surface area contributed by atoms with E-state index in [1.54, 1.807) is 6.20 Å². The van der Waals surface area contributed by atoms with E-state index in [-0.39, 0.29) is 18.0 Å². The van der Waals surface area contributed by atoms with E-state index >= 15 is 0 Å². The molecule has 0 aliphatic rings. The van der Waals surface area contributed by atoms with Crippen LogP contribution < -0.4 is 10.6 Å². The Hall–Kier alpha value is -1.49. The highest BCUT2D eigenvalue weighted by Gasteiger charge is 2.12. The van der Waals surface area contributed by atoms with E-state index in [0.717, 1.165) is 5.69 Å². The zero-order valence-corrected chi connectivity index (χ0v) is 9.90. The summed E-state index contributed by atoms with van der Waals surface area (Å²) in [7, 11) is 0. The van der Waals surface area contributed by atoms with Crippen molar-refractivity contribution >= 4 is 5.91 Å². The van der Waals surface area contributed by atoms with Gasteiger partial charge in [-0.25, -0.2) is 0 Å². The Morgan fingerprint density at radius 1 is 1.44 bits per heavy atom. The third-order valence-electron chi connectivity index (χ3n) is 2.04. The summed E-state index contributed by atoms with van der Waals surface area (Å²) in [5.74, 6) is -0.00103. The Bertz CT molecular complexity index is 326. The zero-order valence-electron chi connectivity index (χ0n) is 9.90. The summed E-state index contributed by atoms with van der Waals surface area (Å²) in [5.41, 5.74) is 0.826. The minimum atomic E-state index is -0.232. The van der Waals surface area contributed by atoms with Gasteiger partial charge < -0.3 is 10.6 Å². The van der Waals surface area contributed by atoms with Crippen molar-refractivity contribution < 1.29 is 4.79 Å². The Morgan fingerprint density at radius 3 is 2.75 bits per heavy atom. The lowest BCUT2D eigenvalue weighted by molar-refractivity contribution is -0.123. The molecule has 1 rings (SSSR count). The lowest BCUT2D eigenvalue weighted by Crippen LogP contribution is -2.44. The van der Waals surface area contributed by atoms with Crippen molar-refractivity contribution in [3.63, 3.8) is 0 Å². The summed E-state index contributed by atoms with van der Waals surface area (Å²) in [6.07, 6.45) is 1.62. The van der Waals surface area contributed by atoms with E-state index in [2.05, 4.69) is 20.8 Å². The molecule has 1 unspecified atom stereocenters. The molecule has 88 valence electrons. The summed E-state index contributed by atoms with van der Waals surface area (Å²) in [4.78, 5) is 11.6. The van der Waals surface area contributed by atoms with Crippen LogP contribution in [0.2, 0.25) is 0 Å². The summed E-state index contributed by atoms with van der Waals surface area (Å²) in [6, 6.07) is 3.62. The first kappa shape index (κ1) is 12.6. The van der Waals surface area contributed by atoms with E-state index in [9.17, 15) is 4.79 Å². The molecule has 0 aliphatic heterocycles. The topological polar surface area (TPSA) is 66.9 Å². The predicted molar refractivity (Wildman–Crippen MR) is 61.6 cm³/mol. The van der Waals surface area contributed by atoms with Gasteiger partial charge in [-0.1, -0.05) is 0 Å². The molecule has 0 aromatic carbocycles. The third-order valence-corrected chi connectivity index (χ3v) is 2.04. The number of hydrogen-bond acceptors (Lipinski definition) is 4. The maximum absolute atomic E-state index is 11.6. The summed E-state index contributed by atoms with van der Waals surface area (Å²) in [6.45, 7) is 6.25. The molecule has 1 aromatic rings. The molecule has 0 radical (unpaired) electrons. The number of carbonyl (C=O) groups excluding carboxylic acids is 1. The highest BCUT2D eigenvalue weighted by Crippen LogP contribution is 1.92. The van der Waals surface area contributed by atoms with Crippen LogP contribution in [0.3, 0.4) is 0 Å². The van der Waals surface area contributed by atoms with Crippen LogP contribution in [0.1, 0.15) is 26.5 Å². The minimum absolute atomic E-state index is 0.00103. The molecule has 0 saturated heterocycles. The van der Waals surface area contributed by atoms with Gasteiger partial charge in [-0.15, -0.1) is 0 Å². The van der Waals surface area contributed by atoms with Crippen LogP contribution in [0.5, 0.6) is 0 Å². The van der Waals surface area contributed by atoms with Gasteiger partial charge in [0.1, 0.15) is 0 Å². The first-order valence-electron chi connectivity index (χ1n) is 5.40. The van der Waals surface area contributed by atoms with Crippen molar-refractivity contribution in [2.75, 3.05) is 0 Å². The molecule has 1 heterocycles. The Kier molecular flexibility index (Phi) is 4.85. The van der Waals surface area contributed by atoms with Gasteiger partial charge in [-0.05, 0) is 32.9 Å². The average molecular weight is 222 g/mol. The highest BCUT2D eigenvalue weighted by atomic mass is 16.2. The SMILES string of the molecule is CC(C)NC(=O)C(C)NCc1cccnn1. The molecule has 16 heavy (non-hydrogen) atoms. The number of nitrogens with zero attached hydrogens (tertiary/aromatic N) is 2. The molecule has 1 amide bonds. The highest BCUT2D eigenvalue weighted by molar-refractivity contribution is 5.81. The molecule has 0 bridgehead atoms. The number of aromatic nitrogens is 2. The van der Waals surface area contributed by atoms with Crippen LogP contribution in [0.4, 0.5) is 0 Å². The lowest BCUT2D eigenvalue weighted by atomic mass is 10.2. The lowest BCUT2D eigenvalue weighted by Gasteiger charge is -2.15. The van der Waals surface area contributed by atoms with Crippen LogP contribution in [-0.4, -0.2) is 28.2 Å². The van der Waals surface area contributed by atoms with Gasteiger partial charge in [0.25, 0.3) is 0 Å². The summed E-state index contributed by atoms with van der Waals surface area (Å²) in [5, 5.41) is 13.6. The van der Waals surface area contributed by atoms with Gasteiger partial charge in [0.2, 0.25) is 5.91 Å². The van der Waals surface area contributed by atoms with Crippen molar-refractivity contribution in [3.8, 4) is 0 Å². The van der Waals surface area contributed by atoms with Crippen LogP contribution in [0, 0.1) is 0 Å². The average Bonchev–Trinajstić information content (AvgIpc) is 2.26. The second kappa shape index (κ2) is 6.17. The van der Waals surface area contributed by atoms with Gasteiger partial charge in [-0.3, -0.25) is 4.79 Å². The predicted octanol–water partition coefficient (Wildman–Crippen LogP) is 0.479. The first-order valence-corrected chi connectivity index (χ1v) is 5.40. The smallest absolute Gasteiger partial charge is 0.237 e. The maximum atomic E-state index is 11.6. The quantitative estimate of drug-likeness (QED) is 0.760. The number of carbonyl (C=O) groups is 1. The second-order valence-corrected chi connectivity index (χ2v) is 3.98. The van der Waals surface area contributed by atoms with Crippen molar-refractivity contribution in [1.29, 1.82) is 0 Å². The molecule has 5 heteroatoms. The van der Waals surface area contributed by atoms with Gasteiger partial charge in [0.05, 0.1) is 11.7 Å². The molecular formula is C11H18N4O. The number of nitrogens with one attached hydrogen (secondary N) is 2. The van der Waals surface area contributed by atoms with Gasteiger partial charge in [0, 0.05) is 18.8 Å². The zero-order chi connectivity index (χ0) is 12.0. The molecule has 0 fully saturated rings. The number of rotatable bonds is 5. The van der Waals surface area contributed by atoms with Crippen molar-refractivity contribution in [2.24, 2.45) is 0 Å². The molecule has 1 aromatic heterocycles. The maximum Gasteiger partial charge on any atom is 0.237 e. The molecule has 0 aliphatic carbocycles. The fourth-order valence-corrected chi connectivity index (χ4v) is 1.19. The fraction of sp³-hybridized carbons (Fsp3) is 0.545. The van der Waals surface area contributed by atoms with Gasteiger partial charge in [-0.2, -0.15) is 10.2 Å². The fourth-order valence-electron chi connectivity index (χ4n) is 1.19. The molecule has 0 spiro atoms. The molecule has 5 nitrogen and oxygen atoms in total. The van der Waals surface area contributed by atoms with Crippen LogP contribution in [0.15, 0.2) is 18.3 Å². The van der Waals surface area contributed by atoms with Crippen LogP contribution >= 0.6 is 0 Å². The third kappa shape index (κ3) is 4.35. The van der Waals surface area contributed by atoms with Crippen LogP contribution in [0.25, 0.3) is 0 Å². The van der Waals surface area contributed by atoms with Gasteiger partial charge >= 0.3 is 0 Å². The van der Waals surface area contributed by atoms with Crippen molar-refractivity contribution in [3.05, 3.63) is 24.0 Å². The molecule has 2 N–H and O–H groups in total. The van der Waals surface area contributed by atoms with Crippen molar-refractivity contribution in [2.45, 2.75) is 39.4 Å². The first-order chi connectivity index (χ1) is 7.59. The second-order valence-electron chi connectivity index (χ2n) is 3.98. The van der Waals surface area contributed by atoms with E-state index in [1.807, 2.05) is 32.9 Å². The van der Waals surface area contributed by atoms with Gasteiger partial charge in [0.15, 0.2) is 0 Å². The standard InChI is InChI=1S/C11H18N4O/c1-8(2)14-11(16)9(3)12-7-10-5-4-6-13-15-10/h4-6,8-9,12H,7H2,1-3H3,(H,14,16). The molecule has 0 saturated carbocycles. The Labute approximate surface area is 95.7 Å². The van der Waals surface area contributed by atoms with E-state index < -0.39 is 0 Å². The monoisotopic (exact) mass is 222 g/mol. The summed E-state index contributed by atoms with van der Waals surface area (Å²) >= 11 is 0. The van der Waals surface area contributed by atoms with E-state index in [1.165, 1.54) is 0 Å². The largest absolute Gasteiger partial charge is 0.353 e. The van der Waals surface area contributed by atoms with E-state index in [4.69, 9.17) is 0 Å². The van der Waals surface area contributed by atoms with Crippen LogP contribution in [-0.2, 0) is 11.3 Å².